The van der Waals surface area contributed by atoms with Crippen LogP contribution in [0.1, 0.15) is 23.1 Å². The smallest absolute Gasteiger partial charge is 0.394 e. The molecule has 2 heterocycles. The number of ether oxygens (including phenoxy) is 1. The van der Waals surface area contributed by atoms with Crippen LogP contribution in [0.2, 0.25) is 0 Å². The van der Waals surface area contributed by atoms with Crippen molar-refractivity contribution < 1.29 is 13.9 Å². The van der Waals surface area contributed by atoms with Crippen LogP contribution >= 0.6 is 0 Å². The van der Waals surface area contributed by atoms with Gasteiger partial charge in [-0.1, -0.05) is 0 Å². The number of hydrogen-bond acceptors (Lipinski definition) is 6. The van der Waals surface area contributed by atoms with Crippen LogP contribution in [-0.4, -0.2) is 34.5 Å². The van der Waals surface area contributed by atoms with Gasteiger partial charge in [0, 0.05) is 19.4 Å². The molecule has 0 aliphatic carbocycles. The van der Waals surface area contributed by atoms with E-state index in [9.17, 15) is 4.79 Å². The second-order valence-corrected chi connectivity index (χ2v) is 3.76. The van der Waals surface area contributed by atoms with Crippen LogP contribution in [0.5, 0.6) is 6.08 Å². The van der Waals surface area contributed by atoms with Crippen LogP contribution in [0, 0.1) is 6.92 Å². The molecule has 0 unspecified atom stereocenters. The van der Waals surface area contributed by atoms with Crippen LogP contribution in [-0.2, 0) is 0 Å². The summed E-state index contributed by atoms with van der Waals surface area (Å²) in [6.07, 6.45) is 4.44. The summed E-state index contributed by atoms with van der Waals surface area (Å²) < 4.78 is 10.1. The van der Waals surface area contributed by atoms with Crippen LogP contribution < -0.4 is 9.64 Å². The van der Waals surface area contributed by atoms with E-state index >= 15 is 0 Å². The van der Waals surface area contributed by atoms with E-state index < -0.39 is 0 Å². The highest BCUT2D eigenvalue weighted by Crippen LogP contribution is 2.17. The quantitative estimate of drug-likeness (QED) is 0.829. The molecule has 7 heteroatoms. The Balaban J connectivity index is 2.21. The Morgan fingerprint density at radius 1 is 1.42 bits per heavy atom. The molecule has 1 amide bonds. The lowest BCUT2D eigenvalue weighted by molar-refractivity contribution is 0.0987. The lowest BCUT2D eigenvalue weighted by Gasteiger charge is -2.15. The van der Waals surface area contributed by atoms with Gasteiger partial charge in [-0.05, 0) is 13.8 Å². The number of rotatable bonds is 4. The number of carbonyl (C=O) groups excluding carboxylic acids is 1. The molecule has 19 heavy (non-hydrogen) atoms. The Morgan fingerprint density at radius 2 is 2.16 bits per heavy atom. The largest absolute Gasteiger partial charge is 0.450 e. The number of aromatic nitrogens is 3. The average Bonchev–Trinajstić information content (AvgIpc) is 2.87. The molecular formula is C12H14N4O3. The number of hydrogen-bond donors (Lipinski definition) is 0. The molecule has 100 valence electrons. The summed E-state index contributed by atoms with van der Waals surface area (Å²) in [5.41, 5.74) is 0.822. The third-order valence-corrected chi connectivity index (χ3v) is 2.45. The SMILES string of the molecule is CCOc1nc(C(=O)N(C)c2nccnc2C)co1. The molecule has 0 aliphatic rings. The van der Waals surface area contributed by atoms with Crippen LogP contribution in [0.25, 0.3) is 0 Å². The highest BCUT2D eigenvalue weighted by molar-refractivity contribution is 6.03. The maximum atomic E-state index is 12.2. The van der Waals surface area contributed by atoms with Crippen LogP contribution in [0.4, 0.5) is 5.82 Å². The van der Waals surface area contributed by atoms with Gasteiger partial charge in [-0.25, -0.2) is 4.98 Å². The highest BCUT2D eigenvalue weighted by atomic mass is 16.6. The first kappa shape index (κ1) is 13.0. The fraction of sp³-hybridized carbons (Fsp3) is 0.333. The molecule has 0 N–H and O–H groups in total. The number of aryl methyl sites for hydroxylation is 1. The van der Waals surface area contributed by atoms with Gasteiger partial charge in [0.05, 0.1) is 12.3 Å². The second-order valence-electron chi connectivity index (χ2n) is 3.76. The van der Waals surface area contributed by atoms with Crippen molar-refractivity contribution in [3.63, 3.8) is 0 Å². The molecule has 0 fully saturated rings. The molecular weight excluding hydrogens is 248 g/mol. The first-order chi connectivity index (χ1) is 9.13. The van der Waals surface area contributed by atoms with E-state index in [0.717, 1.165) is 0 Å². The van der Waals surface area contributed by atoms with Gasteiger partial charge in [0.2, 0.25) is 0 Å². The zero-order valence-electron chi connectivity index (χ0n) is 11.0. The third kappa shape index (κ3) is 2.70. The van der Waals surface area contributed by atoms with Gasteiger partial charge in [-0.15, -0.1) is 0 Å². The Hall–Kier alpha value is -2.44. The van der Waals surface area contributed by atoms with Gasteiger partial charge in [0.25, 0.3) is 5.91 Å². The molecule has 0 saturated heterocycles. The van der Waals surface area contributed by atoms with Gasteiger partial charge in [-0.2, -0.15) is 4.98 Å². The number of oxazole rings is 1. The molecule has 2 aromatic heterocycles. The molecule has 7 nitrogen and oxygen atoms in total. The van der Waals surface area contributed by atoms with Gasteiger partial charge in [-0.3, -0.25) is 14.7 Å². The van der Waals surface area contributed by atoms with E-state index in [1.807, 2.05) is 0 Å². The summed E-state index contributed by atoms with van der Waals surface area (Å²) in [5.74, 6) is 0.145. The maximum absolute atomic E-state index is 12.2. The van der Waals surface area contributed by atoms with E-state index in [-0.39, 0.29) is 17.7 Å². The normalized spacial score (nSPS) is 10.3. The number of nitrogens with zero attached hydrogens (tertiary/aromatic N) is 4. The van der Waals surface area contributed by atoms with Crippen molar-refractivity contribution in [3.05, 3.63) is 30.0 Å². The third-order valence-electron chi connectivity index (χ3n) is 2.45. The molecule has 0 saturated carbocycles. The van der Waals surface area contributed by atoms with E-state index in [1.54, 1.807) is 27.1 Å². The van der Waals surface area contributed by atoms with Crippen molar-refractivity contribution in [2.75, 3.05) is 18.6 Å². The average molecular weight is 262 g/mol. The lowest BCUT2D eigenvalue weighted by atomic mass is 10.3. The zero-order chi connectivity index (χ0) is 13.8. The minimum Gasteiger partial charge on any atom is -0.450 e. The van der Waals surface area contributed by atoms with Crippen molar-refractivity contribution in [2.45, 2.75) is 13.8 Å². The molecule has 2 rings (SSSR count). The Labute approximate surface area is 110 Å². The first-order valence-electron chi connectivity index (χ1n) is 5.77. The lowest BCUT2D eigenvalue weighted by Crippen LogP contribution is -2.28. The standard InChI is InChI=1S/C12H14N4O3/c1-4-18-12-15-9(7-19-12)11(17)16(3)10-8(2)13-5-6-14-10/h5-7H,4H2,1-3H3. The molecule has 0 bridgehead atoms. The second kappa shape index (κ2) is 5.47. The van der Waals surface area contributed by atoms with E-state index in [0.29, 0.717) is 18.1 Å². The molecule has 0 radical (unpaired) electrons. The van der Waals surface area contributed by atoms with Gasteiger partial charge in [0.1, 0.15) is 6.26 Å². The number of amides is 1. The van der Waals surface area contributed by atoms with Crippen molar-refractivity contribution >= 4 is 11.7 Å². The maximum Gasteiger partial charge on any atom is 0.394 e. The number of carbonyl (C=O) groups is 1. The summed E-state index contributed by atoms with van der Waals surface area (Å²) in [5, 5.41) is 0. The molecule has 0 atom stereocenters. The fourth-order valence-electron chi connectivity index (χ4n) is 1.54. The van der Waals surface area contributed by atoms with Crippen LogP contribution in [0.3, 0.4) is 0 Å². The minimum atomic E-state index is -0.335. The summed E-state index contributed by atoms with van der Waals surface area (Å²) in [6, 6.07) is 0. The van der Waals surface area contributed by atoms with Gasteiger partial charge >= 0.3 is 6.08 Å². The minimum absolute atomic E-state index is 0.0788. The summed E-state index contributed by atoms with van der Waals surface area (Å²) in [7, 11) is 1.61. The summed E-state index contributed by atoms with van der Waals surface area (Å²) >= 11 is 0. The predicted octanol–water partition coefficient (Wildman–Crippen LogP) is 1.45. The van der Waals surface area contributed by atoms with E-state index in [2.05, 4.69) is 15.0 Å². The zero-order valence-corrected chi connectivity index (χ0v) is 11.0. The highest BCUT2D eigenvalue weighted by Gasteiger charge is 2.20. The Morgan fingerprint density at radius 3 is 2.84 bits per heavy atom. The van der Waals surface area contributed by atoms with Crippen molar-refractivity contribution in [1.82, 2.24) is 15.0 Å². The Kier molecular flexibility index (Phi) is 3.74. The monoisotopic (exact) mass is 262 g/mol. The first-order valence-corrected chi connectivity index (χ1v) is 5.77. The molecule has 0 spiro atoms. The summed E-state index contributed by atoms with van der Waals surface area (Å²) in [6.45, 7) is 4.01. The molecule has 0 aliphatic heterocycles. The number of anilines is 1. The Bertz CT molecular complexity index is 582. The van der Waals surface area contributed by atoms with Crippen molar-refractivity contribution in [1.29, 1.82) is 0 Å². The van der Waals surface area contributed by atoms with Crippen LogP contribution in [0.15, 0.2) is 23.1 Å². The van der Waals surface area contributed by atoms with Gasteiger partial charge in [0.15, 0.2) is 11.5 Å². The van der Waals surface area contributed by atoms with E-state index in [4.69, 9.17) is 9.15 Å². The topological polar surface area (TPSA) is 81.4 Å². The van der Waals surface area contributed by atoms with Crippen molar-refractivity contribution in [3.8, 4) is 6.08 Å². The molecule has 0 aromatic carbocycles. The molecule has 2 aromatic rings. The van der Waals surface area contributed by atoms with Gasteiger partial charge < -0.3 is 9.15 Å². The van der Waals surface area contributed by atoms with Crippen molar-refractivity contribution in [2.24, 2.45) is 0 Å². The fourth-order valence-corrected chi connectivity index (χ4v) is 1.54. The predicted molar refractivity (Wildman–Crippen MR) is 67.2 cm³/mol. The van der Waals surface area contributed by atoms with E-state index in [1.165, 1.54) is 17.4 Å². The summed E-state index contributed by atoms with van der Waals surface area (Å²) in [4.78, 5) is 25.7.